The molecule has 0 saturated carbocycles. The van der Waals surface area contributed by atoms with Gasteiger partial charge < -0.3 is 20.1 Å². The van der Waals surface area contributed by atoms with Crippen molar-refractivity contribution >= 4 is 0 Å². The minimum absolute atomic E-state index is 0.583. The Morgan fingerprint density at radius 3 is 2.65 bits per heavy atom. The molecule has 1 aliphatic rings. The molecule has 0 radical (unpaired) electrons. The van der Waals surface area contributed by atoms with Crippen molar-refractivity contribution < 1.29 is 20.1 Å². The van der Waals surface area contributed by atoms with Gasteiger partial charge in [-0.25, -0.2) is 4.79 Å². The third-order valence-electron chi connectivity index (χ3n) is 3.18. The van der Waals surface area contributed by atoms with Crippen molar-refractivity contribution in [3.05, 3.63) is 33.1 Å². The molecule has 4 N–H and O–H groups in total. The van der Waals surface area contributed by atoms with Crippen LogP contribution in [-0.2, 0) is 4.74 Å². The van der Waals surface area contributed by atoms with Gasteiger partial charge in [0.25, 0.3) is 5.56 Å². The molecule has 0 unspecified atom stereocenters. The largest absolute Gasteiger partial charge is 0.394 e. The molecule has 1 aromatic heterocycles. The van der Waals surface area contributed by atoms with Crippen LogP contribution in [0.15, 0.2) is 21.9 Å². The normalized spacial score (nSPS) is 33.6. The molecule has 0 amide bonds. The van der Waals surface area contributed by atoms with Gasteiger partial charge in [0.2, 0.25) is 0 Å². The molecule has 108 valence electrons. The molecule has 9 nitrogen and oxygen atoms in total. The Kier molecular flexibility index (Phi) is 4.01. The summed E-state index contributed by atoms with van der Waals surface area (Å²) in [6.45, 7) is -0.583. The van der Waals surface area contributed by atoms with Crippen LogP contribution in [0.2, 0.25) is 0 Å². The fourth-order valence-corrected chi connectivity index (χ4v) is 2.11. The van der Waals surface area contributed by atoms with E-state index in [4.69, 9.17) is 15.1 Å². The van der Waals surface area contributed by atoms with E-state index in [0.717, 1.165) is 16.8 Å². The molecule has 1 aliphatic heterocycles. The Morgan fingerprint density at radius 2 is 2.10 bits per heavy atom. The van der Waals surface area contributed by atoms with Crippen LogP contribution in [0.4, 0.5) is 0 Å². The summed E-state index contributed by atoms with van der Waals surface area (Å²) < 4.78 is 6.13. The van der Waals surface area contributed by atoms with E-state index in [0.29, 0.717) is 0 Å². The first-order chi connectivity index (χ1) is 9.49. The molecule has 1 fully saturated rings. The van der Waals surface area contributed by atoms with E-state index in [-0.39, 0.29) is 0 Å². The minimum atomic E-state index is -1.48. The number of hydrogen-bond acceptors (Lipinski definition) is 7. The molecular weight excluding hydrogens is 270 g/mol. The lowest BCUT2D eigenvalue weighted by atomic mass is 9.89. The molecule has 9 heteroatoms. The van der Waals surface area contributed by atoms with Crippen LogP contribution in [-0.4, -0.2) is 49.8 Å². The van der Waals surface area contributed by atoms with Crippen LogP contribution in [0.1, 0.15) is 6.23 Å². The van der Waals surface area contributed by atoms with Crippen molar-refractivity contribution in [3.8, 4) is 6.07 Å². The molecule has 2 heterocycles. The zero-order valence-corrected chi connectivity index (χ0v) is 10.2. The lowest BCUT2D eigenvalue weighted by Crippen LogP contribution is -2.54. The minimum Gasteiger partial charge on any atom is -0.394 e. The zero-order valence-electron chi connectivity index (χ0n) is 10.2. The third-order valence-corrected chi connectivity index (χ3v) is 3.18. The van der Waals surface area contributed by atoms with Crippen LogP contribution >= 0.6 is 0 Å². The van der Waals surface area contributed by atoms with Gasteiger partial charge in [-0.15, -0.1) is 0 Å². The maximum atomic E-state index is 11.7. The molecule has 20 heavy (non-hydrogen) atoms. The second-order valence-corrected chi connectivity index (χ2v) is 4.40. The average Bonchev–Trinajstić information content (AvgIpc) is 2.41. The van der Waals surface area contributed by atoms with Crippen LogP contribution in [0.25, 0.3) is 0 Å². The number of nitriles is 1. The lowest BCUT2D eigenvalue weighted by molar-refractivity contribution is -0.224. The summed E-state index contributed by atoms with van der Waals surface area (Å²) in [4.78, 5) is 24.6. The molecule has 0 spiro atoms. The van der Waals surface area contributed by atoms with Gasteiger partial charge in [-0.05, 0) is 0 Å². The highest BCUT2D eigenvalue weighted by atomic mass is 16.5. The van der Waals surface area contributed by atoms with Crippen molar-refractivity contribution in [1.29, 1.82) is 5.26 Å². The van der Waals surface area contributed by atoms with Gasteiger partial charge in [0.15, 0.2) is 6.23 Å². The van der Waals surface area contributed by atoms with Crippen LogP contribution < -0.4 is 11.2 Å². The van der Waals surface area contributed by atoms with E-state index in [1.807, 2.05) is 4.98 Å². The fraction of sp³-hybridized carbons (Fsp3) is 0.545. The molecule has 0 aliphatic carbocycles. The SMILES string of the molecule is N#C[C@H]1[C@@H](O)[C@H](n2ccc(=O)[nH]c2=O)O[C@H](CO)[C@H]1O. The Balaban J connectivity index is 2.42. The smallest absolute Gasteiger partial charge is 0.330 e. The number of rotatable bonds is 2. The first-order valence-corrected chi connectivity index (χ1v) is 5.83. The summed E-state index contributed by atoms with van der Waals surface area (Å²) in [7, 11) is 0. The maximum Gasteiger partial charge on any atom is 0.330 e. The summed E-state index contributed by atoms with van der Waals surface area (Å²) in [5.74, 6) is -1.23. The van der Waals surface area contributed by atoms with Gasteiger partial charge in [0.1, 0.15) is 24.2 Å². The predicted molar refractivity (Wildman–Crippen MR) is 63.4 cm³/mol. The Hall–Kier alpha value is -1.99. The zero-order chi connectivity index (χ0) is 14.9. The number of nitrogens with one attached hydrogen (secondary N) is 1. The van der Waals surface area contributed by atoms with Gasteiger partial charge in [-0.3, -0.25) is 14.3 Å². The summed E-state index contributed by atoms with van der Waals surface area (Å²) >= 11 is 0. The Morgan fingerprint density at radius 1 is 1.40 bits per heavy atom. The van der Waals surface area contributed by atoms with E-state index in [2.05, 4.69) is 0 Å². The number of aromatic amines is 1. The third kappa shape index (κ3) is 2.37. The van der Waals surface area contributed by atoms with E-state index in [1.54, 1.807) is 6.07 Å². The van der Waals surface area contributed by atoms with Gasteiger partial charge in [0, 0.05) is 12.3 Å². The highest BCUT2D eigenvalue weighted by Crippen LogP contribution is 2.30. The predicted octanol–water partition coefficient (Wildman–Crippen LogP) is -2.71. The Bertz CT molecular complexity index is 632. The average molecular weight is 283 g/mol. The summed E-state index contributed by atoms with van der Waals surface area (Å²) in [5.41, 5.74) is -1.45. The molecule has 1 aromatic rings. The summed E-state index contributed by atoms with van der Waals surface area (Å²) in [6.07, 6.45) is -4.16. The number of aliphatic hydroxyl groups is 3. The van der Waals surface area contributed by atoms with Crippen molar-refractivity contribution in [1.82, 2.24) is 9.55 Å². The first kappa shape index (κ1) is 14.4. The first-order valence-electron chi connectivity index (χ1n) is 5.83. The monoisotopic (exact) mass is 283 g/mol. The highest BCUT2D eigenvalue weighted by Gasteiger charge is 2.45. The number of H-pyrrole nitrogens is 1. The van der Waals surface area contributed by atoms with Gasteiger partial charge >= 0.3 is 5.69 Å². The molecular formula is C11H13N3O6. The maximum absolute atomic E-state index is 11.7. The lowest BCUT2D eigenvalue weighted by Gasteiger charge is -2.39. The molecule has 5 atom stereocenters. The number of aromatic nitrogens is 2. The second-order valence-electron chi connectivity index (χ2n) is 4.40. The van der Waals surface area contributed by atoms with Gasteiger partial charge in [0.05, 0.1) is 12.7 Å². The van der Waals surface area contributed by atoms with Crippen molar-refractivity contribution in [2.75, 3.05) is 6.61 Å². The van der Waals surface area contributed by atoms with Crippen molar-refractivity contribution in [3.63, 3.8) is 0 Å². The van der Waals surface area contributed by atoms with Crippen molar-refractivity contribution in [2.24, 2.45) is 5.92 Å². The molecule has 2 rings (SSSR count). The topological polar surface area (TPSA) is 149 Å². The quantitative estimate of drug-likeness (QED) is 0.461. The van der Waals surface area contributed by atoms with Gasteiger partial charge in [-0.1, -0.05) is 0 Å². The molecule has 0 aromatic carbocycles. The Labute approximate surface area is 112 Å². The van der Waals surface area contributed by atoms with E-state index in [1.165, 1.54) is 0 Å². The van der Waals surface area contributed by atoms with Crippen LogP contribution in [0.5, 0.6) is 0 Å². The summed E-state index contributed by atoms with van der Waals surface area (Å²) in [5, 5.41) is 37.9. The van der Waals surface area contributed by atoms with Crippen LogP contribution in [0.3, 0.4) is 0 Å². The summed E-state index contributed by atoms with van der Waals surface area (Å²) in [6, 6.07) is 2.77. The van der Waals surface area contributed by atoms with E-state index >= 15 is 0 Å². The molecule has 1 saturated heterocycles. The second kappa shape index (κ2) is 5.56. The number of nitrogens with zero attached hydrogens (tertiary/aromatic N) is 2. The van der Waals surface area contributed by atoms with Gasteiger partial charge in [-0.2, -0.15) is 5.26 Å². The number of hydrogen-bond donors (Lipinski definition) is 4. The highest BCUT2D eigenvalue weighted by molar-refractivity contribution is 5.02. The number of aliphatic hydroxyl groups excluding tert-OH is 3. The fourth-order valence-electron chi connectivity index (χ4n) is 2.11. The van der Waals surface area contributed by atoms with Crippen molar-refractivity contribution in [2.45, 2.75) is 24.5 Å². The standard InChI is InChI=1S/C11H13N3O6/c12-3-5-8(17)6(4-15)20-10(9(5)18)14-2-1-7(16)13-11(14)19/h1-2,5-6,8-10,15,17-18H,4H2,(H,13,16,19)/t5-,6-,8+,9-,10-/m1/s1. The van der Waals surface area contributed by atoms with Crippen LogP contribution in [0, 0.1) is 17.2 Å². The van der Waals surface area contributed by atoms with E-state index in [9.17, 15) is 19.8 Å². The number of ether oxygens (including phenoxy) is 1. The van der Waals surface area contributed by atoms with E-state index < -0.39 is 48.3 Å². The molecule has 0 bridgehead atoms.